The van der Waals surface area contributed by atoms with Crippen molar-refractivity contribution in [2.45, 2.75) is 13.8 Å². The second-order valence-corrected chi connectivity index (χ2v) is 2.68. The fraction of sp³-hybridized carbons (Fsp3) is 0.167. The van der Waals surface area contributed by atoms with E-state index in [1.165, 1.54) is 0 Å². The lowest BCUT2D eigenvalue weighted by atomic mass is 10.2. The predicted octanol–water partition coefficient (Wildman–Crippen LogP) is 2.90. The van der Waals surface area contributed by atoms with Crippen LogP contribution >= 0.6 is 0 Å². The molecule has 2 rings (SSSR count). The van der Waals surface area contributed by atoms with Gasteiger partial charge in [-0.15, -0.1) is 0 Å². The van der Waals surface area contributed by atoms with E-state index in [4.69, 9.17) is 9.68 Å². The summed E-state index contributed by atoms with van der Waals surface area (Å²) in [6, 6.07) is 9.02. The summed E-state index contributed by atoms with van der Waals surface area (Å²) in [7, 11) is 0. The van der Waals surface area contributed by atoms with Gasteiger partial charge in [0.05, 0.1) is 0 Å². The number of hydrogen-bond donors (Lipinski definition) is 1. The number of rotatable bonds is 2. The Bertz CT molecular complexity index is 523. The van der Waals surface area contributed by atoms with Crippen LogP contribution in [0, 0.1) is 11.3 Å². The van der Waals surface area contributed by atoms with Gasteiger partial charge >= 0.3 is 0 Å². The highest BCUT2D eigenvalue weighted by atomic mass is 16.3. The second kappa shape index (κ2) is 5.56. The number of nitriles is 1. The zero-order valence-electron chi connectivity index (χ0n) is 9.15. The van der Waals surface area contributed by atoms with Gasteiger partial charge in [-0.2, -0.15) is 5.26 Å². The molecule has 4 heteroatoms. The molecule has 0 spiro atoms. The van der Waals surface area contributed by atoms with Crippen molar-refractivity contribution in [2.75, 3.05) is 5.32 Å². The summed E-state index contributed by atoms with van der Waals surface area (Å²) >= 11 is 0. The number of carbonyl (C=O) groups excluding carboxylic acids is 1. The van der Waals surface area contributed by atoms with Crippen LogP contribution in [0.3, 0.4) is 0 Å². The Morgan fingerprint density at radius 1 is 1.38 bits per heavy atom. The third-order valence-corrected chi connectivity index (χ3v) is 1.90. The van der Waals surface area contributed by atoms with Crippen molar-refractivity contribution in [3.8, 4) is 6.07 Å². The molecule has 1 amide bonds. The van der Waals surface area contributed by atoms with E-state index < -0.39 is 0 Å². The molecule has 4 nitrogen and oxygen atoms in total. The normalized spacial score (nSPS) is 8.81. The van der Waals surface area contributed by atoms with Crippen LogP contribution in [0.2, 0.25) is 0 Å². The lowest BCUT2D eigenvalue weighted by molar-refractivity contribution is -0.105. The van der Waals surface area contributed by atoms with E-state index in [2.05, 4.69) is 5.32 Å². The molecule has 82 valence electrons. The van der Waals surface area contributed by atoms with Crippen LogP contribution in [0.25, 0.3) is 11.0 Å². The minimum atomic E-state index is 0.123. The van der Waals surface area contributed by atoms with Crippen molar-refractivity contribution in [2.24, 2.45) is 0 Å². The Morgan fingerprint density at radius 2 is 2.06 bits per heavy atom. The maximum absolute atomic E-state index is 10.3. The molecule has 1 aromatic heterocycles. The van der Waals surface area contributed by atoms with Crippen molar-refractivity contribution >= 4 is 23.1 Å². The topological polar surface area (TPSA) is 66.0 Å². The number of nitrogens with zero attached hydrogens (tertiary/aromatic N) is 1. The molecule has 0 atom stereocenters. The lowest BCUT2D eigenvalue weighted by Gasteiger charge is -1.92. The average Bonchev–Trinajstić information content (AvgIpc) is 2.71. The molecule has 1 N–H and O–H groups in total. The van der Waals surface area contributed by atoms with Gasteiger partial charge in [-0.05, 0) is 12.1 Å². The van der Waals surface area contributed by atoms with E-state index in [0.717, 1.165) is 5.39 Å². The number of para-hydroxylation sites is 1. The van der Waals surface area contributed by atoms with Gasteiger partial charge in [0.1, 0.15) is 17.3 Å². The average molecular weight is 216 g/mol. The van der Waals surface area contributed by atoms with Crippen LogP contribution < -0.4 is 5.32 Å². The number of fused-ring (bicyclic) bond motifs is 1. The van der Waals surface area contributed by atoms with Crippen molar-refractivity contribution in [1.29, 1.82) is 5.26 Å². The Balaban J connectivity index is 0.000000606. The van der Waals surface area contributed by atoms with Gasteiger partial charge in [-0.3, -0.25) is 4.79 Å². The van der Waals surface area contributed by atoms with Crippen molar-refractivity contribution in [1.82, 2.24) is 0 Å². The predicted molar refractivity (Wildman–Crippen MR) is 62.0 cm³/mol. The number of anilines is 1. The van der Waals surface area contributed by atoms with E-state index in [0.29, 0.717) is 17.7 Å². The Hall–Kier alpha value is -2.28. The molecule has 1 heterocycles. The van der Waals surface area contributed by atoms with Crippen LogP contribution in [0.15, 0.2) is 28.7 Å². The van der Waals surface area contributed by atoms with Crippen LogP contribution in [-0.2, 0) is 4.79 Å². The maximum Gasteiger partial charge on any atom is 0.228 e. The van der Waals surface area contributed by atoms with E-state index in [1.807, 2.05) is 26.0 Å². The number of furan rings is 1. The summed E-state index contributed by atoms with van der Waals surface area (Å²) < 4.78 is 5.22. The summed E-state index contributed by atoms with van der Waals surface area (Å²) in [6.07, 6.45) is 0.526. The summed E-state index contributed by atoms with van der Waals surface area (Å²) in [5, 5.41) is 11.9. The van der Waals surface area contributed by atoms with E-state index in [-0.39, 0.29) is 5.76 Å². The molecular weight excluding hydrogens is 204 g/mol. The monoisotopic (exact) mass is 216 g/mol. The van der Waals surface area contributed by atoms with Gasteiger partial charge in [-0.25, -0.2) is 0 Å². The van der Waals surface area contributed by atoms with Crippen LogP contribution in [0.5, 0.6) is 0 Å². The van der Waals surface area contributed by atoms with Gasteiger partial charge in [0, 0.05) is 5.39 Å². The third-order valence-electron chi connectivity index (χ3n) is 1.90. The van der Waals surface area contributed by atoms with Crippen molar-refractivity contribution in [3.05, 3.63) is 30.0 Å². The molecule has 0 unspecified atom stereocenters. The molecule has 0 saturated carbocycles. The van der Waals surface area contributed by atoms with Crippen molar-refractivity contribution < 1.29 is 9.21 Å². The Kier molecular flexibility index (Phi) is 4.10. The molecule has 0 saturated heterocycles. The molecule has 1 aromatic carbocycles. The minimum absolute atomic E-state index is 0.123. The third kappa shape index (κ3) is 2.04. The quantitative estimate of drug-likeness (QED) is 0.785. The first-order valence-electron chi connectivity index (χ1n) is 4.98. The molecule has 2 aromatic rings. The molecule has 0 fully saturated rings. The first-order valence-corrected chi connectivity index (χ1v) is 4.98. The van der Waals surface area contributed by atoms with E-state index >= 15 is 0 Å². The van der Waals surface area contributed by atoms with Crippen LogP contribution in [0.1, 0.15) is 19.6 Å². The summed E-state index contributed by atoms with van der Waals surface area (Å²) in [6.45, 7) is 4.00. The van der Waals surface area contributed by atoms with Gasteiger partial charge < -0.3 is 9.73 Å². The zero-order valence-corrected chi connectivity index (χ0v) is 9.15. The van der Waals surface area contributed by atoms with E-state index in [1.54, 1.807) is 18.2 Å². The van der Waals surface area contributed by atoms with Crippen LogP contribution in [-0.4, -0.2) is 6.41 Å². The maximum atomic E-state index is 10.3. The second-order valence-electron chi connectivity index (χ2n) is 2.68. The smallest absolute Gasteiger partial charge is 0.228 e. The fourth-order valence-electron chi connectivity index (χ4n) is 1.33. The summed E-state index contributed by atoms with van der Waals surface area (Å²) in [5.41, 5.74) is 1.02. The molecule has 0 aliphatic carbocycles. The largest absolute Gasteiger partial charge is 0.443 e. The van der Waals surface area contributed by atoms with Gasteiger partial charge in [0.2, 0.25) is 12.2 Å². The van der Waals surface area contributed by atoms with Crippen molar-refractivity contribution in [3.63, 3.8) is 0 Å². The molecule has 16 heavy (non-hydrogen) atoms. The molecule has 0 aliphatic heterocycles. The minimum Gasteiger partial charge on any atom is -0.443 e. The number of nitrogens with one attached hydrogen (secondary N) is 1. The first-order chi connectivity index (χ1) is 7.86. The number of amides is 1. The zero-order chi connectivity index (χ0) is 12.0. The number of hydrogen-bond acceptors (Lipinski definition) is 3. The standard InChI is InChI=1S/C10H6N2O2.C2H6/c11-5-9-10(12-6-13)7-3-1-2-4-8(7)14-9;1-2/h1-4,6H,(H,12,13);1-2H3. The highest BCUT2D eigenvalue weighted by molar-refractivity contribution is 5.97. The van der Waals surface area contributed by atoms with Gasteiger partial charge in [0.25, 0.3) is 0 Å². The Morgan fingerprint density at radius 3 is 2.69 bits per heavy atom. The van der Waals surface area contributed by atoms with E-state index in [9.17, 15) is 4.79 Å². The van der Waals surface area contributed by atoms with Gasteiger partial charge in [-0.1, -0.05) is 26.0 Å². The molecular formula is C12H12N2O2. The molecule has 0 radical (unpaired) electrons. The van der Waals surface area contributed by atoms with Gasteiger partial charge in [0.15, 0.2) is 0 Å². The first kappa shape index (κ1) is 11.8. The summed E-state index contributed by atoms with van der Waals surface area (Å²) in [5.74, 6) is 0.123. The number of benzene rings is 1. The van der Waals surface area contributed by atoms with Crippen LogP contribution in [0.4, 0.5) is 5.69 Å². The fourth-order valence-corrected chi connectivity index (χ4v) is 1.33. The Labute approximate surface area is 93.5 Å². The number of carbonyl (C=O) groups is 1. The highest BCUT2D eigenvalue weighted by Crippen LogP contribution is 2.29. The molecule has 0 bridgehead atoms. The SMILES string of the molecule is CC.N#Cc1oc2ccccc2c1NC=O. The summed E-state index contributed by atoms with van der Waals surface area (Å²) in [4.78, 5) is 10.3. The molecule has 0 aliphatic rings. The lowest BCUT2D eigenvalue weighted by Crippen LogP contribution is -1.93. The highest BCUT2D eigenvalue weighted by Gasteiger charge is 2.11.